The molecule has 0 spiro atoms. The summed E-state index contributed by atoms with van der Waals surface area (Å²) < 4.78 is 0. The van der Waals surface area contributed by atoms with Crippen molar-refractivity contribution in [3.8, 4) is 10.6 Å². The molecule has 214 valence electrons. The highest BCUT2D eigenvalue weighted by Crippen LogP contribution is 2.36. The number of likely N-dealkylation sites (tertiary alicyclic amines) is 1. The third kappa shape index (κ3) is 6.88. The first kappa shape index (κ1) is 29.1. The summed E-state index contributed by atoms with van der Waals surface area (Å²) in [5, 5.41) is 12.4. The lowest BCUT2D eigenvalue weighted by Gasteiger charge is -2.40. The summed E-state index contributed by atoms with van der Waals surface area (Å²) in [4.78, 5) is 47.1. The Bertz CT molecular complexity index is 1330. The molecule has 0 saturated carbocycles. The number of piperazine rings is 1. The first-order valence-electron chi connectivity index (χ1n) is 13.8. The second kappa shape index (κ2) is 13.0. The molecule has 2 aliphatic rings. The van der Waals surface area contributed by atoms with Gasteiger partial charge in [-0.2, -0.15) is 0 Å². The number of nitrogens with zero attached hydrogens (tertiary/aromatic N) is 6. The molecule has 0 unspecified atom stereocenters. The average molecular weight is 603 g/mol. The number of ketones is 1. The fraction of sp³-hybridized carbons (Fsp3) is 0.536. The number of carbonyl (C=O) groups excluding carboxylic acids is 1. The van der Waals surface area contributed by atoms with Gasteiger partial charge in [0.1, 0.15) is 16.5 Å². The Kier molecular flexibility index (Phi) is 9.47. The van der Waals surface area contributed by atoms with Crippen molar-refractivity contribution in [2.24, 2.45) is 0 Å². The molecule has 1 N–H and O–H groups in total. The number of aromatic nitrogens is 3. The normalized spacial score (nSPS) is 20.3. The smallest absolute Gasteiger partial charge is 0.304 e. The van der Waals surface area contributed by atoms with E-state index in [1.165, 1.54) is 17.7 Å². The number of thiophene rings is 1. The van der Waals surface area contributed by atoms with Crippen LogP contribution in [-0.2, 0) is 17.8 Å². The minimum atomic E-state index is -0.779. The zero-order chi connectivity index (χ0) is 28.2. The van der Waals surface area contributed by atoms with E-state index in [2.05, 4.69) is 38.5 Å². The Labute approximate surface area is 247 Å². The van der Waals surface area contributed by atoms with Crippen molar-refractivity contribution in [3.63, 3.8) is 0 Å². The lowest BCUT2D eigenvalue weighted by Crippen LogP contribution is -2.52. The molecule has 0 bridgehead atoms. The maximum absolute atomic E-state index is 13.2. The molecule has 0 amide bonds. The summed E-state index contributed by atoms with van der Waals surface area (Å²) >= 11 is 9.43. The molecular formula is C28H35ClN6O3S2. The topological polar surface area (TPSA) is 103 Å². The number of hydrogen-bond donors (Lipinski definition) is 1. The van der Waals surface area contributed by atoms with Gasteiger partial charge in [-0.05, 0) is 38.8 Å². The number of carboxylic acids is 1. The molecule has 12 heteroatoms. The van der Waals surface area contributed by atoms with Gasteiger partial charge >= 0.3 is 5.97 Å². The van der Waals surface area contributed by atoms with Crippen LogP contribution in [0.15, 0.2) is 23.8 Å². The van der Waals surface area contributed by atoms with Gasteiger partial charge in [0, 0.05) is 55.1 Å². The lowest BCUT2D eigenvalue weighted by molar-refractivity contribution is -0.137. The van der Waals surface area contributed by atoms with E-state index < -0.39 is 5.97 Å². The standard InChI is InChI=1S/C28H35ClN6O3S2/c1-3-20-5-4-7-34(20)16-24-28(23-11-19(29)17-39-23)32-26(40-24)12-22(36)21-13-31-25(14-30-21)35-10-9-33(15-18(35)2)8-6-27(37)38/h11,13-14,17-18,20H,3-10,12,15-16H2,1-2H3,(H,37,38)/t18-,20-/m1/s1. The molecule has 3 aromatic rings. The number of rotatable bonds is 11. The number of anilines is 1. The van der Waals surface area contributed by atoms with E-state index in [-0.39, 0.29) is 24.7 Å². The maximum atomic E-state index is 13.2. The second-order valence-electron chi connectivity index (χ2n) is 10.5. The Morgan fingerprint density at radius 1 is 1.20 bits per heavy atom. The first-order chi connectivity index (χ1) is 19.3. The Morgan fingerprint density at radius 2 is 2.05 bits per heavy atom. The van der Waals surface area contributed by atoms with Crippen molar-refractivity contribution in [3.05, 3.63) is 44.4 Å². The Balaban J connectivity index is 1.26. The summed E-state index contributed by atoms with van der Waals surface area (Å²) in [5.41, 5.74) is 1.27. The van der Waals surface area contributed by atoms with Crippen molar-refractivity contribution < 1.29 is 14.7 Å². The van der Waals surface area contributed by atoms with E-state index in [0.717, 1.165) is 60.5 Å². The van der Waals surface area contributed by atoms with Crippen LogP contribution in [0, 0.1) is 0 Å². The number of halogens is 1. The molecule has 0 radical (unpaired) electrons. The molecule has 9 nitrogen and oxygen atoms in total. The van der Waals surface area contributed by atoms with Crippen LogP contribution in [0.25, 0.3) is 10.6 Å². The summed E-state index contributed by atoms with van der Waals surface area (Å²) in [6.45, 7) is 9.07. The van der Waals surface area contributed by atoms with E-state index in [0.29, 0.717) is 23.3 Å². The van der Waals surface area contributed by atoms with Crippen LogP contribution in [0.4, 0.5) is 5.82 Å². The number of Topliss-reactive ketones (excluding diaryl/α,β-unsaturated/α-hetero) is 1. The first-order valence-corrected chi connectivity index (χ1v) is 15.9. The van der Waals surface area contributed by atoms with Crippen LogP contribution >= 0.6 is 34.3 Å². The fourth-order valence-electron chi connectivity index (χ4n) is 5.63. The second-order valence-corrected chi connectivity index (χ2v) is 13.0. The largest absolute Gasteiger partial charge is 0.481 e. The van der Waals surface area contributed by atoms with Gasteiger partial charge in [-0.15, -0.1) is 22.7 Å². The number of hydrogen-bond acceptors (Lipinski definition) is 10. The molecule has 2 aliphatic heterocycles. The molecule has 5 rings (SSSR count). The van der Waals surface area contributed by atoms with Crippen LogP contribution in [0.2, 0.25) is 5.02 Å². The van der Waals surface area contributed by atoms with Gasteiger partial charge in [0.15, 0.2) is 5.78 Å². The quantitative estimate of drug-likeness (QED) is 0.300. The van der Waals surface area contributed by atoms with Crippen LogP contribution in [0.5, 0.6) is 0 Å². The third-order valence-electron chi connectivity index (χ3n) is 7.74. The summed E-state index contributed by atoms with van der Waals surface area (Å²) in [7, 11) is 0. The molecule has 3 aromatic heterocycles. The fourth-order valence-corrected chi connectivity index (χ4v) is 7.90. The predicted octanol–water partition coefficient (Wildman–Crippen LogP) is 5.10. The van der Waals surface area contributed by atoms with Crippen molar-refractivity contribution in [1.82, 2.24) is 24.8 Å². The minimum Gasteiger partial charge on any atom is -0.481 e. The van der Waals surface area contributed by atoms with Crippen molar-refractivity contribution in [1.29, 1.82) is 0 Å². The third-order valence-corrected chi connectivity index (χ3v) is 10.1. The van der Waals surface area contributed by atoms with Gasteiger partial charge in [0.05, 0.1) is 40.8 Å². The van der Waals surface area contributed by atoms with Crippen LogP contribution in [0.1, 0.15) is 59.9 Å². The molecule has 40 heavy (non-hydrogen) atoms. The number of carbonyl (C=O) groups is 2. The van der Waals surface area contributed by atoms with Gasteiger partial charge < -0.3 is 10.0 Å². The minimum absolute atomic E-state index is 0.103. The van der Waals surface area contributed by atoms with Gasteiger partial charge in [-0.1, -0.05) is 18.5 Å². The van der Waals surface area contributed by atoms with Crippen molar-refractivity contribution in [2.45, 2.75) is 64.6 Å². The SMILES string of the molecule is CC[C@@H]1CCCN1Cc1sc(CC(=O)c2cnc(N3CCN(CCC(=O)O)C[C@H]3C)cn2)nc1-c1cc(Cl)cs1. The molecule has 0 aliphatic carbocycles. The highest BCUT2D eigenvalue weighted by molar-refractivity contribution is 7.15. The predicted molar refractivity (Wildman–Crippen MR) is 160 cm³/mol. The number of aliphatic carboxylic acids is 1. The molecular weight excluding hydrogens is 568 g/mol. The maximum Gasteiger partial charge on any atom is 0.304 e. The van der Waals surface area contributed by atoms with Crippen LogP contribution in [-0.4, -0.2) is 86.4 Å². The van der Waals surface area contributed by atoms with Gasteiger partial charge in [0.25, 0.3) is 0 Å². The average Bonchev–Trinajstić information content (AvgIpc) is 3.67. The highest BCUT2D eigenvalue weighted by Gasteiger charge is 2.27. The molecule has 2 atom stereocenters. The van der Waals surface area contributed by atoms with Crippen molar-refractivity contribution in [2.75, 3.05) is 37.6 Å². The van der Waals surface area contributed by atoms with E-state index in [4.69, 9.17) is 21.7 Å². The molecule has 2 saturated heterocycles. The molecule has 5 heterocycles. The van der Waals surface area contributed by atoms with E-state index in [1.807, 2.05) is 11.4 Å². The lowest BCUT2D eigenvalue weighted by atomic mass is 10.1. The Morgan fingerprint density at radius 3 is 2.73 bits per heavy atom. The number of carboxylic acid groups (broad SMARTS) is 1. The van der Waals surface area contributed by atoms with Gasteiger partial charge in [-0.3, -0.25) is 19.4 Å². The number of thiazole rings is 1. The summed E-state index contributed by atoms with van der Waals surface area (Å²) in [6.07, 6.45) is 7.14. The Hall–Kier alpha value is -2.44. The molecule has 2 fully saturated rings. The summed E-state index contributed by atoms with van der Waals surface area (Å²) in [6, 6.07) is 2.71. The van der Waals surface area contributed by atoms with E-state index in [9.17, 15) is 9.59 Å². The highest BCUT2D eigenvalue weighted by atomic mass is 35.5. The summed E-state index contributed by atoms with van der Waals surface area (Å²) in [5.74, 6) is -0.153. The zero-order valence-electron chi connectivity index (χ0n) is 22.9. The molecule has 0 aromatic carbocycles. The zero-order valence-corrected chi connectivity index (χ0v) is 25.3. The monoisotopic (exact) mass is 602 g/mol. The van der Waals surface area contributed by atoms with Gasteiger partial charge in [-0.25, -0.2) is 15.0 Å². The van der Waals surface area contributed by atoms with E-state index >= 15 is 0 Å². The van der Waals surface area contributed by atoms with Gasteiger partial charge in [0.2, 0.25) is 0 Å². The van der Waals surface area contributed by atoms with Crippen LogP contribution < -0.4 is 4.90 Å². The van der Waals surface area contributed by atoms with E-state index in [1.54, 1.807) is 35.1 Å². The van der Waals surface area contributed by atoms with Crippen molar-refractivity contribution >= 4 is 51.8 Å². The van der Waals surface area contributed by atoms with Crippen LogP contribution in [0.3, 0.4) is 0 Å².